The van der Waals surface area contributed by atoms with Gasteiger partial charge in [-0.05, 0) is 19.7 Å². The van der Waals surface area contributed by atoms with Crippen LogP contribution in [0.25, 0.3) is 0 Å². The number of allylic oxidation sites excluding steroid dienone is 2. The minimum absolute atomic E-state index is 0.412. The molecule has 0 aliphatic rings. The molecule has 88 valence electrons. The Labute approximate surface area is 102 Å². The van der Waals surface area contributed by atoms with E-state index in [0.29, 0.717) is 12.4 Å². The van der Waals surface area contributed by atoms with Crippen LogP contribution in [0.2, 0.25) is 0 Å². The van der Waals surface area contributed by atoms with Crippen LogP contribution >= 0.6 is 0 Å². The van der Waals surface area contributed by atoms with Crippen LogP contribution < -0.4 is 5.73 Å². The van der Waals surface area contributed by atoms with Crippen LogP contribution in [-0.4, -0.2) is 19.1 Å². The maximum Gasteiger partial charge on any atom is 0.126 e. The molecule has 0 aliphatic carbocycles. The predicted molar refractivity (Wildman–Crippen MR) is 74.6 cm³/mol. The van der Waals surface area contributed by atoms with Gasteiger partial charge in [0.2, 0.25) is 0 Å². The van der Waals surface area contributed by atoms with Crippen LogP contribution in [0.5, 0.6) is 0 Å². The van der Waals surface area contributed by atoms with Crippen molar-refractivity contribution in [1.82, 2.24) is 0 Å². The summed E-state index contributed by atoms with van der Waals surface area (Å²) in [4.78, 5) is 8.09. The second-order valence-electron chi connectivity index (χ2n) is 3.62. The summed E-state index contributed by atoms with van der Waals surface area (Å²) in [7, 11) is 0. The van der Waals surface area contributed by atoms with E-state index in [2.05, 4.69) is 23.3 Å². The monoisotopic (exact) mass is 227 g/mol. The van der Waals surface area contributed by atoms with E-state index in [0.717, 1.165) is 11.3 Å². The summed E-state index contributed by atoms with van der Waals surface area (Å²) in [5, 5.41) is 0. The summed E-state index contributed by atoms with van der Waals surface area (Å²) in [6.45, 7) is 9.51. The molecule has 0 heterocycles. The van der Waals surface area contributed by atoms with Crippen LogP contribution in [-0.2, 0) is 0 Å². The van der Waals surface area contributed by atoms with E-state index >= 15 is 0 Å². The molecule has 17 heavy (non-hydrogen) atoms. The van der Waals surface area contributed by atoms with Gasteiger partial charge in [0.05, 0.1) is 12.2 Å². The molecule has 3 heteroatoms. The molecule has 0 saturated heterocycles. The van der Waals surface area contributed by atoms with Gasteiger partial charge in [0.25, 0.3) is 0 Å². The van der Waals surface area contributed by atoms with Gasteiger partial charge in [-0.3, -0.25) is 9.98 Å². The SMILES string of the molecule is C=C/C=C(/CN=C(N)c1ccc(C)cc1)N=C. The topological polar surface area (TPSA) is 50.7 Å². The second kappa shape index (κ2) is 6.43. The van der Waals surface area contributed by atoms with Gasteiger partial charge in [-0.15, -0.1) is 0 Å². The predicted octanol–water partition coefficient (Wildman–Crippen LogP) is 2.47. The van der Waals surface area contributed by atoms with Crippen molar-refractivity contribution in [2.24, 2.45) is 15.7 Å². The third-order valence-electron chi connectivity index (χ3n) is 2.27. The minimum Gasteiger partial charge on any atom is -0.383 e. The summed E-state index contributed by atoms with van der Waals surface area (Å²) in [6.07, 6.45) is 3.42. The van der Waals surface area contributed by atoms with Gasteiger partial charge in [0, 0.05) is 5.56 Å². The van der Waals surface area contributed by atoms with Gasteiger partial charge in [-0.2, -0.15) is 0 Å². The lowest BCUT2D eigenvalue weighted by atomic mass is 10.1. The van der Waals surface area contributed by atoms with E-state index in [1.54, 1.807) is 12.2 Å². The van der Waals surface area contributed by atoms with Crippen LogP contribution in [0, 0.1) is 6.92 Å². The highest BCUT2D eigenvalue weighted by atomic mass is 14.9. The number of rotatable bonds is 5. The van der Waals surface area contributed by atoms with Gasteiger partial charge in [-0.25, -0.2) is 0 Å². The smallest absolute Gasteiger partial charge is 0.126 e. The summed E-state index contributed by atoms with van der Waals surface area (Å²) < 4.78 is 0. The summed E-state index contributed by atoms with van der Waals surface area (Å²) in [5.41, 5.74) is 8.73. The zero-order valence-electron chi connectivity index (χ0n) is 10.1. The second-order valence-corrected chi connectivity index (χ2v) is 3.62. The molecule has 3 nitrogen and oxygen atoms in total. The van der Waals surface area contributed by atoms with Crippen molar-refractivity contribution in [1.29, 1.82) is 0 Å². The van der Waals surface area contributed by atoms with E-state index in [1.807, 2.05) is 31.2 Å². The van der Waals surface area contributed by atoms with Crippen molar-refractivity contribution in [2.45, 2.75) is 6.92 Å². The first-order valence-corrected chi connectivity index (χ1v) is 5.32. The third-order valence-corrected chi connectivity index (χ3v) is 2.27. The van der Waals surface area contributed by atoms with Crippen molar-refractivity contribution in [2.75, 3.05) is 6.54 Å². The zero-order chi connectivity index (χ0) is 12.7. The maximum atomic E-state index is 5.88. The van der Waals surface area contributed by atoms with E-state index < -0.39 is 0 Å². The standard InChI is InChI=1S/C14H17N3/c1-4-5-13(16-3)10-17-14(15)12-8-6-11(2)7-9-12/h4-9H,1,3,10H2,2H3,(H2,15,17)/b13-5-. The molecule has 0 fully saturated rings. The van der Waals surface area contributed by atoms with E-state index in [-0.39, 0.29) is 0 Å². The molecular weight excluding hydrogens is 210 g/mol. The molecule has 1 rings (SSSR count). The minimum atomic E-state index is 0.412. The molecule has 0 unspecified atom stereocenters. The summed E-state index contributed by atoms with van der Waals surface area (Å²) in [6, 6.07) is 7.91. The number of benzene rings is 1. The number of nitrogens with two attached hydrogens (primary N) is 1. The molecule has 1 aromatic carbocycles. The highest BCUT2D eigenvalue weighted by molar-refractivity contribution is 5.97. The Kier molecular flexibility index (Phi) is 4.88. The Morgan fingerprint density at radius 2 is 2.00 bits per heavy atom. The molecular formula is C14H17N3. The number of aliphatic imine (C=N–C) groups is 2. The Hall–Kier alpha value is -2.16. The molecule has 0 saturated carbocycles. The Bertz CT molecular complexity index is 453. The molecule has 2 N–H and O–H groups in total. The average molecular weight is 227 g/mol. The summed E-state index contributed by atoms with van der Waals surface area (Å²) in [5.74, 6) is 0.503. The van der Waals surface area contributed by atoms with E-state index in [4.69, 9.17) is 5.73 Å². The van der Waals surface area contributed by atoms with Gasteiger partial charge in [0.15, 0.2) is 0 Å². The molecule has 0 spiro atoms. The van der Waals surface area contributed by atoms with Crippen molar-refractivity contribution in [3.8, 4) is 0 Å². The van der Waals surface area contributed by atoms with Crippen molar-refractivity contribution in [3.63, 3.8) is 0 Å². The molecule has 0 amide bonds. The first kappa shape index (κ1) is 12.9. The molecule has 0 aromatic heterocycles. The van der Waals surface area contributed by atoms with Gasteiger partial charge < -0.3 is 5.73 Å². The third kappa shape index (κ3) is 4.07. The normalized spacial score (nSPS) is 12.3. The van der Waals surface area contributed by atoms with Gasteiger partial charge in [0.1, 0.15) is 5.84 Å². The average Bonchev–Trinajstić information content (AvgIpc) is 2.35. The Morgan fingerprint density at radius 1 is 1.35 bits per heavy atom. The highest BCUT2D eigenvalue weighted by Crippen LogP contribution is 2.04. The molecule has 0 radical (unpaired) electrons. The zero-order valence-corrected chi connectivity index (χ0v) is 10.1. The van der Waals surface area contributed by atoms with Crippen molar-refractivity contribution < 1.29 is 0 Å². The van der Waals surface area contributed by atoms with Crippen LogP contribution in [0.1, 0.15) is 11.1 Å². The number of nitrogens with zero attached hydrogens (tertiary/aromatic N) is 2. The molecule has 1 aromatic rings. The van der Waals surface area contributed by atoms with Crippen molar-refractivity contribution >= 4 is 12.6 Å². The highest BCUT2D eigenvalue weighted by Gasteiger charge is 1.98. The van der Waals surface area contributed by atoms with Crippen LogP contribution in [0.15, 0.2) is 58.7 Å². The van der Waals surface area contributed by atoms with E-state index in [9.17, 15) is 0 Å². The van der Waals surface area contributed by atoms with Gasteiger partial charge in [-0.1, -0.05) is 42.5 Å². The molecule has 0 atom stereocenters. The largest absolute Gasteiger partial charge is 0.383 e. The number of hydrogen-bond acceptors (Lipinski definition) is 2. The molecule has 0 bridgehead atoms. The lowest BCUT2D eigenvalue weighted by molar-refractivity contribution is 1.10. The summed E-state index contributed by atoms with van der Waals surface area (Å²) >= 11 is 0. The fourth-order valence-corrected chi connectivity index (χ4v) is 1.27. The lowest BCUT2D eigenvalue weighted by Gasteiger charge is -2.02. The van der Waals surface area contributed by atoms with Crippen molar-refractivity contribution in [3.05, 3.63) is 59.8 Å². The lowest BCUT2D eigenvalue weighted by Crippen LogP contribution is -2.14. The Morgan fingerprint density at radius 3 is 2.53 bits per heavy atom. The van der Waals surface area contributed by atoms with Crippen LogP contribution in [0.4, 0.5) is 0 Å². The fraction of sp³-hybridized carbons (Fsp3) is 0.143. The van der Waals surface area contributed by atoms with Gasteiger partial charge >= 0.3 is 0 Å². The number of amidine groups is 1. The number of aryl methyl sites for hydroxylation is 1. The fourth-order valence-electron chi connectivity index (χ4n) is 1.27. The first-order valence-electron chi connectivity index (χ1n) is 5.32. The first-order chi connectivity index (χ1) is 8.17. The quantitative estimate of drug-likeness (QED) is 0.469. The maximum absolute atomic E-state index is 5.88. The number of hydrogen-bond donors (Lipinski definition) is 1. The Balaban J connectivity index is 2.79. The van der Waals surface area contributed by atoms with E-state index in [1.165, 1.54) is 5.56 Å². The van der Waals surface area contributed by atoms with Crippen LogP contribution in [0.3, 0.4) is 0 Å². The molecule has 0 aliphatic heterocycles.